The minimum absolute atomic E-state index is 0. The van der Waals surface area contributed by atoms with Crippen LogP contribution in [-0.4, -0.2) is 62.8 Å². The number of oxazole rings is 1. The van der Waals surface area contributed by atoms with Crippen molar-refractivity contribution in [3.05, 3.63) is 71.9 Å². The fourth-order valence-corrected chi connectivity index (χ4v) is 4.56. The SMILES string of the molecule is COc1ccc(CCN2CCC(Nc3nc4ccccc4n3Cc3cnc(CO)o3)CC2)cc1.O. The second-order valence-corrected chi connectivity index (χ2v) is 8.75. The van der Waals surface area contributed by atoms with Crippen molar-refractivity contribution in [3.63, 3.8) is 0 Å². The van der Waals surface area contributed by atoms with Gasteiger partial charge in [-0.2, -0.15) is 0 Å². The number of anilines is 1. The molecule has 1 saturated heterocycles. The molecule has 0 amide bonds. The summed E-state index contributed by atoms with van der Waals surface area (Å²) in [6.45, 7) is 3.51. The van der Waals surface area contributed by atoms with Crippen molar-refractivity contribution < 1.29 is 19.7 Å². The summed E-state index contributed by atoms with van der Waals surface area (Å²) in [4.78, 5) is 11.5. The third kappa shape index (κ3) is 5.82. The molecule has 0 atom stereocenters. The van der Waals surface area contributed by atoms with Crippen LogP contribution in [0.2, 0.25) is 0 Å². The Kier molecular flexibility index (Phi) is 8.02. The van der Waals surface area contributed by atoms with Gasteiger partial charge in [-0.1, -0.05) is 24.3 Å². The molecule has 4 aromatic rings. The fourth-order valence-electron chi connectivity index (χ4n) is 4.56. The Bertz CT molecular complexity index is 1210. The second-order valence-electron chi connectivity index (χ2n) is 8.75. The largest absolute Gasteiger partial charge is 0.497 e. The Morgan fingerprint density at radius 2 is 1.89 bits per heavy atom. The minimum Gasteiger partial charge on any atom is -0.497 e. The summed E-state index contributed by atoms with van der Waals surface area (Å²) in [6.07, 6.45) is 4.86. The lowest BCUT2D eigenvalue weighted by Gasteiger charge is -2.32. The highest BCUT2D eigenvalue weighted by Crippen LogP contribution is 2.24. The third-order valence-electron chi connectivity index (χ3n) is 6.50. The molecule has 1 fully saturated rings. The maximum Gasteiger partial charge on any atom is 0.220 e. The molecule has 0 unspecified atom stereocenters. The van der Waals surface area contributed by atoms with E-state index < -0.39 is 0 Å². The number of nitrogens with one attached hydrogen (secondary N) is 1. The zero-order valence-electron chi connectivity index (χ0n) is 20.0. The highest BCUT2D eigenvalue weighted by atomic mass is 16.5. The van der Waals surface area contributed by atoms with Crippen LogP contribution in [0.1, 0.15) is 30.1 Å². The van der Waals surface area contributed by atoms with Crippen molar-refractivity contribution in [2.24, 2.45) is 0 Å². The molecular formula is C26H33N5O4. The van der Waals surface area contributed by atoms with Crippen LogP contribution in [0.5, 0.6) is 5.75 Å². The van der Waals surface area contributed by atoms with Gasteiger partial charge in [-0.3, -0.25) is 0 Å². The van der Waals surface area contributed by atoms with E-state index in [-0.39, 0.29) is 12.1 Å². The number of hydrogen-bond donors (Lipinski definition) is 2. The summed E-state index contributed by atoms with van der Waals surface area (Å²) in [6, 6.07) is 16.8. The smallest absolute Gasteiger partial charge is 0.220 e. The Hall–Kier alpha value is -3.40. The number of aliphatic hydroxyl groups is 1. The molecular weight excluding hydrogens is 446 g/mol. The van der Waals surface area contributed by atoms with Gasteiger partial charge in [-0.05, 0) is 49.1 Å². The number of benzene rings is 2. The van der Waals surface area contributed by atoms with E-state index in [4.69, 9.17) is 14.1 Å². The van der Waals surface area contributed by atoms with Crippen LogP contribution in [0.4, 0.5) is 5.95 Å². The van der Waals surface area contributed by atoms with Gasteiger partial charge in [0.1, 0.15) is 18.1 Å². The molecule has 4 N–H and O–H groups in total. The molecule has 9 nitrogen and oxygen atoms in total. The van der Waals surface area contributed by atoms with Gasteiger partial charge in [0.15, 0.2) is 0 Å². The lowest BCUT2D eigenvalue weighted by atomic mass is 10.0. The number of piperidine rings is 1. The van der Waals surface area contributed by atoms with Crippen molar-refractivity contribution in [2.45, 2.75) is 38.5 Å². The number of likely N-dealkylation sites (tertiary alicyclic amines) is 1. The van der Waals surface area contributed by atoms with E-state index in [0.29, 0.717) is 24.2 Å². The fraction of sp³-hybridized carbons (Fsp3) is 0.385. The number of fused-ring (bicyclic) bond motifs is 1. The lowest BCUT2D eigenvalue weighted by molar-refractivity contribution is 0.221. The van der Waals surface area contributed by atoms with Gasteiger partial charge >= 0.3 is 0 Å². The molecule has 186 valence electrons. The first-order valence-electron chi connectivity index (χ1n) is 11.8. The van der Waals surface area contributed by atoms with Crippen LogP contribution < -0.4 is 10.1 Å². The zero-order valence-corrected chi connectivity index (χ0v) is 20.0. The number of ether oxygens (including phenoxy) is 1. The van der Waals surface area contributed by atoms with Crippen LogP contribution in [0, 0.1) is 0 Å². The number of hydrogen-bond acceptors (Lipinski definition) is 7. The van der Waals surface area contributed by atoms with Crippen molar-refractivity contribution in [1.82, 2.24) is 19.4 Å². The van der Waals surface area contributed by atoms with Crippen LogP contribution in [0.15, 0.2) is 59.1 Å². The first-order chi connectivity index (χ1) is 16.7. The molecule has 2 aromatic heterocycles. The Morgan fingerprint density at radius 1 is 1.11 bits per heavy atom. The molecule has 35 heavy (non-hydrogen) atoms. The van der Waals surface area contributed by atoms with E-state index in [0.717, 1.165) is 61.6 Å². The summed E-state index contributed by atoms with van der Waals surface area (Å²) < 4.78 is 13.0. The van der Waals surface area contributed by atoms with E-state index in [1.807, 2.05) is 30.3 Å². The molecule has 9 heteroatoms. The van der Waals surface area contributed by atoms with E-state index in [1.54, 1.807) is 13.3 Å². The van der Waals surface area contributed by atoms with Crippen LogP contribution in [-0.2, 0) is 19.6 Å². The van der Waals surface area contributed by atoms with Crippen LogP contribution >= 0.6 is 0 Å². The first kappa shape index (κ1) is 24.7. The lowest BCUT2D eigenvalue weighted by Crippen LogP contribution is -2.40. The van der Waals surface area contributed by atoms with E-state index in [9.17, 15) is 5.11 Å². The molecule has 0 aliphatic carbocycles. The quantitative estimate of drug-likeness (QED) is 0.379. The monoisotopic (exact) mass is 479 g/mol. The predicted molar refractivity (Wildman–Crippen MR) is 135 cm³/mol. The molecule has 1 aliphatic rings. The average molecular weight is 480 g/mol. The minimum atomic E-state index is -0.202. The van der Waals surface area contributed by atoms with Gasteiger partial charge < -0.3 is 34.5 Å². The standard InChI is InChI=1S/C26H31N5O3.H2O/c1-33-21-8-6-19(7-9-21)10-13-30-14-11-20(12-15-30)28-26-29-23-4-2-3-5-24(23)31(26)17-22-16-27-25(18-32)34-22;/h2-9,16,20,32H,10-15,17-18H2,1H3,(H,28,29);1H2. The van der Waals surface area contributed by atoms with Crippen LogP contribution in [0.25, 0.3) is 11.0 Å². The molecule has 0 spiro atoms. The molecule has 0 bridgehead atoms. The highest BCUT2D eigenvalue weighted by molar-refractivity contribution is 5.78. The van der Waals surface area contributed by atoms with Gasteiger partial charge in [0, 0.05) is 25.7 Å². The first-order valence-corrected chi connectivity index (χ1v) is 11.8. The third-order valence-corrected chi connectivity index (χ3v) is 6.50. The number of aromatic nitrogens is 3. The number of imidazole rings is 1. The Morgan fingerprint density at radius 3 is 2.60 bits per heavy atom. The van der Waals surface area contributed by atoms with Gasteiger partial charge in [-0.15, -0.1) is 0 Å². The highest BCUT2D eigenvalue weighted by Gasteiger charge is 2.22. The Labute approximate surface area is 204 Å². The zero-order chi connectivity index (χ0) is 23.3. The van der Waals surface area contributed by atoms with E-state index in [2.05, 4.69) is 38.0 Å². The number of aliphatic hydroxyl groups excluding tert-OH is 1. The summed E-state index contributed by atoms with van der Waals surface area (Å²) in [5.41, 5.74) is 3.33. The number of para-hydroxylation sites is 2. The summed E-state index contributed by atoms with van der Waals surface area (Å²) in [5.74, 6) is 2.78. The average Bonchev–Trinajstić information content (AvgIpc) is 3.48. The molecule has 5 rings (SSSR count). The number of methoxy groups -OCH3 is 1. The maximum absolute atomic E-state index is 9.27. The number of rotatable bonds is 9. The maximum atomic E-state index is 9.27. The van der Waals surface area contributed by atoms with Gasteiger partial charge in [0.2, 0.25) is 11.8 Å². The van der Waals surface area contributed by atoms with E-state index in [1.165, 1.54) is 5.56 Å². The molecule has 0 saturated carbocycles. The topological polar surface area (TPSA) is 120 Å². The molecule has 1 aliphatic heterocycles. The molecule has 0 radical (unpaired) electrons. The normalized spacial score (nSPS) is 14.7. The van der Waals surface area contributed by atoms with E-state index >= 15 is 0 Å². The second kappa shape index (κ2) is 11.4. The van der Waals surface area contributed by atoms with Crippen LogP contribution in [0.3, 0.4) is 0 Å². The summed E-state index contributed by atoms with van der Waals surface area (Å²) in [7, 11) is 1.70. The molecule has 2 aromatic carbocycles. The number of nitrogens with zero attached hydrogens (tertiary/aromatic N) is 4. The van der Waals surface area contributed by atoms with Crippen molar-refractivity contribution in [2.75, 3.05) is 32.1 Å². The van der Waals surface area contributed by atoms with Crippen molar-refractivity contribution in [3.8, 4) is 5.75 Å². The summed E-state index contributed by atoms with van der Waals surface area (Å²) in [5, 5.41) is 13.0. The summed E-state index contributed by atoms with van der Waals surface area (Å²) >= 11 is 0. The van der Waals surface area contributed by atoms with Gasteiger partial charge in [0.05, 0.1) is 30.9 Å². The predicted octanol–water partition coefficient (Wildman–Crippen LogP) is 2.87. The van der Waals surface area contributed by atoms with Crippen molar-refractivity contribution in [1.29, 1.82) is 0 Å². The van der Waals surface area contributed by atoms with Gasteiger partial charge in [0.25, 0.3) is 0 Å². The Balaban J connectivity index is 0.00000289. The van der Waals surface area contributed by atoms with Crippen molar-refractivity contribution >= 4 is 17.0 Å². The molecule has 3 heterocycles. The van der Waals surface area contributed by atoms with Gasteiger partial charge in [-0.25, -0.2) is 9.97 Å².